The Kier molecular flexibility index (Phi) is 4.12. The van der Waals surface area contributed by atoms with E-state index >= 15 is 0 Å². The molecule has 3 N–H and O–H groups in total. The molecule has 0 radical (unpaired) electrons. The highest BCUT2D eigenvalue weighted by atomic mass is 16.5. The first-order valence-electron chi connectivity index (χ1n) is 4.54. The number of hydrogen-bond acceptors (Lipinski definition) is 4. The molecule has 0 saturated carbocycles. The molecule has 1 unspecified atom stereocenters. The molecule has 0 aliphatic heterocycles. The summed E-state index contributed by atoms with van der Waals surface area (Å²) in [5.41, 5.74) is 6.62. The van der Waals surface area contributed by atoms with E-state index in [4.69, 9.17) is 5.73 Å². The van der Waals surface area contributed by atoms with Crippen LogP contribution in [0.2, 0.25) is 0 Å². The second-order valence-corrected chi connectivity index (χ2v) is 3.10. The number of nitrogens with two attached hydrogens (primary N) is 1. The van der Waals surface area contributed by atoms with Crippen molar-refractivity contribution in [2.75, 3.05) is 7.11 Å². The molecule has 1 aromatic heterocycles. The monoisotopic (exact) mass is 197 g/mol. The Balaban J connectivity index is 2.18. The number of carbonyl (C=O) groups excluding carboxylic acids is 1. The van der Waals surface area contributed by atoms with Crippen molar-refractivity contribution in [1.82, 2.24) is 9.97 Å². The van der Waals surface area contributed by atoms with Crippen molar-refractivity contribution in [2.24, 2.45) is 5.73 Å². The van der Waals surface area contributed by atoms with Gasteiger partial charge in [0.2, 0.25) is 0 Å². The topological polar surface area (TPSA) is 81.0 Å². The maximum Gasteiger partial charge on any atom is 0.322 e. The van der Waals surface area contributed by atoms with E-state index in [1.807, 2.05) is 0 Å². The van der Waals surface area contributed by atoms with Gasteiger partial charge >= 0.3 is 5.97 Å². The van der Waals surface area contributed by atoms with Crippen LogP contribution in [0.1, 0.15) is 18.5 Å². The summed E-state index contributed by atoms with van der Waals surface area (Å²) < 4.78 is 4.52. The third kappa shape index (κ3) is 3.18. The number of aromatic amines is 1. The Morgan fingerprint density at radius 2 is 2.57 bits per heavy atom. The summed E-state index contributed by atoms with van der Waals surface area (Å²) in [6, 6.07) is -0.511. The van der Waals surface area contributed by atoms with E-state index in [1.54, 1.807) is 12.5 Å². The van der Waals surface area contributed by atoms with Crippen LogP contribution < -0.4 is 5.73 Å². The number of hydrogen-bond donors (Lipinski definition) is 2. The second-order valence-electron chi connectivity index (χ2n) is 3.10. The minimum atomic E-state index is -0.511. The molecular formula is C9H15N3O2. The third-order valence-electron chi connectivity index (χ3n) is 2.02. The molecule has 0 aromatic carbocycles. The molecule has 5 heteroatoms. The van der Waals surface area contributed by atoms with Gasteiger partial charge in [0.15, 0.2) is 0 Å². The number of H-pyrrole nitrogens is 1. The van der Waals surface area contributed by atoms with Crippen molar-refractivity contribution in [2.45, 2.75) is 25.3 Å². The van der Waals surface area contributed by atoms with Gasteiger partial charge in [0.05, 0.1) is 13.4 Å². The zero-order chi connectivity index (χ0) is 10.4. The predicted molar refractivity (Wildman–Crippen MR) is 51.5 cm³/mol. The van der Waals surface area contributed by atoms with E-state index in [-0.39, 0.29) is 5.97 Å². The Bertz CT molecular complexity index is 272. The van der Waals surface area contributed by atoms with Crippen LogP contribution >= 0.6 is 0 Å². The quantitative estimate of drug-likeness (QED) is 0.662. The summed E-state index contributed by atoms with van der Waals surface area (Å²) in [5.74, 6) is -0.352. The first-order valence-corrected chi connectivity index (χ1v) is 4.54. The van der Waals surface area contributed by atoms with Crippen LogP contribution in [0.3, 0.4) is 0 Å². The molecular weight excluding hydrogens is 182 g/mol. The number of nitrogens with one attached hydrogen (secondary N) is 1. The molecule has 1 heterocycles. The van der Waals surface area contributed by atoms with Gasteiger partial charge in [-0.15, -0.1) is 0 Å². The van der Waals surface area contributed by atoms with Gasteiger partial charge in [0, 0.05) is 11.9 Å². The Morgan fingerprint density at radius 1 is 1.79 bits per heavy atom. The van der Waals surface area contributed by atoms with Crippen molar-refractivity contribution in [3.05, 3.63) is 18.2 Å². The molecule has 0 aliphatic rings. The van der Waals surface area contributed by atoms with Crippen LogP contribution in [0, 0.1) is 0 Å². The van der Waals surface area contributed by atoms with Crippen LogP contribution in [0.25, 0.3) is 0 Å². The molecule has 1 rings (SSSR count). The highest BCUT2D eigenvalue weighted by Crippen LogP contribution is 2.03. The number of carbonyl (C=O) groups is 1. The molecule has 14 heavy (non-hydrogen) atoms. The zero-order valence-corrected chi connectivity index (χ0v) is 8.19. The van der Waals surface area contributed by atoms with E-state index < -0.39 is 6.04 Å². The summed E-state index contributed by atoms with van der Waals surface area (Å²) >= 11 is 0. The van der Waals surface area contributed by atoms with Gasteiger partial charge in [0.25, 0.3) is 0 Å². The van der Waals surface area contributed by atoms with Gasteiger partial charge in [-0.05, 0) is 19.3 Å². The molecule has 78 valence electrons. The molecule has 0 spiro atoms. The number of rotatable bonds is 5. The van der Waals surface area contributed by atoms with Crippen molar-refractivity contribution in [3.63, 3.8) is 0 Å². The average molecular weight is 197 g/mol. The maximum absolute atomic E-state index is 10.9. The van der Waals surface area contributed by atoms with Crippen molar-refractivity contribution < 1.29 is 9.53 Å². The summed E-state index contributed by atoms with van der Waals surface area (Å²) in [6.45, 7) is 0. The summed E-state index contributed by atoms with van der Waals surface area (Å²) in [6.07, 6.45) is 5.73. The smallest absolute Gasteiger partial charge is 0.322 e. The normalized spacial score (nSPS) is 12.4. The lowest BCUT2D eigenvalue weighted by Gasteiger charge is -2.07. The fourth-order valence-corrected chi connectivity index (χ4v) is 1.20. The van der Waals surface area contributed by atoms with Gasteiger partial charge in [-0.3, -0.25) is 4.79 Å². The molecule has 0 fully saturated rings. The van der Waals surface area contributed by atoms with E-state index in [1.165, 1.54) is 7.11 Å². The van der Waals surface area contributed by atoms with Crippen LogP contribution in [-0.4, -0.2) is 29.1 Å². The molecule has 0 saturated heterocycles. The number of aromatic nitrogens is 2. The molecule has 5 nitrogen and oxygen atoms in total. The minimum Gasteiger partial charge on any atom is -0.468 e. The first kappa shape index (κ1) is 10.7. The van der Waals surface area contributed by atoms with Gasteiger partial charge in [-0.2, -0.15) is 0 Å². The number of ether oxygens (including phenoxy) is 1. The minimum absolute atomic E-state index is 0.352. The van der Waals surface area contributed by atoms with Crippen LogP contribution in [0.5, 0.6) is 0 Å². The Labute approximate surface area is 82.7 Å². The molecule has 0 bridgehead atoms. The van der Waals surface area contributed by atoms with E-state index in [0.29, 0.717) is 6.42 Å². The van der Waals surface area contributed by atoms with E-state index in [9.17, 15) is 4.79 Å². The third-order valence-corrected chi connectivity index (χ3v) is 2.02. The first-order chi connectivity index (χ1) is 6.74. The largest absolute Gasteiger partial charge is 0.468 e. The van der Waals surface area contributed by atoms with Gasteiger partial charge in [0.1, 0.15) is 6.04 Å². The number of methoxy groups -OCH3 is 1. The van der Waals surface area contributed by atoms with E-state index in [0.717, 1.165) is 18.5 Å². The fraction of sp³-hybridized carbons (Fsp3) is 0.556. The molecule has 1 aromatic rings. The van der Waals surface area contributed by atoms with Crippen molar-refractivity contribution >= 4 is 5.97 Å². The SMILES string of the molecule is COC(=O)C(N)CCCc1cnc[nH]1. The predicted octanol–water partition coefficient (Wildman–Crippen LogP) is 0.233. The lowest BCUT2D eigenvalue weighted by molar-refractivity contribution is -0.142. The van der Waals surface area contributed by atoms with Crippen LogP contribution in [0.15, 0.2) is 12.5 Å². The number of imidazole rings is 1. The average Bonchev–Trinajstić information content (AvgIpc) is 2.69. The Morgan fingerprint density at radius 3 is 3.14 bits per heavy atom. The summed E-state index contributed by atoms with van der Waals surface area (Å²) in [5, 5.41) is 0. The van der Waals surface area contributed by atoms with Gasteiger partial charge in [-0.1, -0.05) is 0 Å². The molecule has 0 amide bonds. The fourth-order valence-electron chi connectivity index (χ4n) is 1.20. The lowest BCUT2D eigenvalue weighted by atomic mass is 10.1. The number of nitrogens with zero attached hydrogens (tertiary/aromatic N) is 1. The van der Waals surface area contributed by atoms with Gasteiger partial charge < -0.3 is 15.5 Å². The highest BCUT2D eigenvalue weighted by molar-refractivity contribution is 5.75. The summed E-state index contributed by atoms with van der Waals surface area (Å²) in [4.78, 5) is 17.8. The van der Waals surface area contributed by atoms with Crippen LogP contribution in [0.4, 0.5) is 0 Å². The van der Waals surface area contributed by atoms with Crippen LogP contribution in [-0.2, 0) is 16.0 Å². The standard InChI is InChI=1S/C9H15N3O2/c1-14-9(13)8(10)4-2-3-7-5-11-6-12-7/h5-6,8H,2-4,10H2,1H3,(H,11,12). The van der Waals surface area contributed by atoms with Crippen molar-refractivity contribution in [1.29, 1.82) is 0 Å². The Hall–Kier alpha value is -1.36. The van der Waals surface area contributed by atoms with Crippen molar-refractivity contribution in [3.8, 4) is 0 Å². The van der Waals surface area contributed by atoms with E-state index in [2.05, 4.69) is 14.7 Å². The molecule has 0 aliphatic carbocycles. The zero-order valence-electron chi connectivity index (χ0n) is 8.19. The van der Waals surface area contributed by atoms with Gasteiger partial charge in [-0.25, -0.2) is 4.98 Å². The number of aryl methyl sites for hydroxylation is 1. The highest BCUT2D eigenvalue weighted by Gasteiger charge is 2.12. The summed E-state index contributed by atoms with van der Waals surface area (Å²) in [7, 11) is 1.34. The maximum atomic E-state index is 10.9. The molecule has 1 atom stereocenters. The lowest BCUT2D eigenvalue weighted by Crippen LogP contribution is -2.31. The number of esters is 1. The second kappa shape index (κ2) is 5.39.